The van der Waals surface area contributed by atoms with Crippen LogP contribution < -0.4 is 15.8 Å². The van der Waals surface area contributed by atoms with E-state index in [0.29, 0.717) is 19.6 Å². The van der Waals surface area contributed by atoms with Crippen molar-refractivity contribution in [2.75, 3.05) is 13.2 Å². The lowest BCUT2D eigenvalue weighted by atomic mass is 10.1. The number of rotatable bonds is 7. The van der Waals surface area contributed by atoms with Crippen molar-refractivity contribution in [3.63, 3.8) is 0 Å². The molecule has 0 aliphatic carbocycles. The summed E-state index contributed by atoms with van der Waals surface area (Å²) < 4.78 is 5.76. The Balaban J connectivity index is 0.00000288. The number of hydrogen-bond donors (Lipinski definition) is 2. The Morgan fingerprint density at radius 2 is 1.71 bits per heavy atom. The number of carbonyl (C=O) groups excluding carboxylic acids is 1. The van der Waals surface area contributed by atoms with Crippen LogP contribution in [-0.2, 0) is 11.2 Å². The number of halogens is 1. The third-order valence-electron chi connectivity index (χ3n) is 3.69. The molecule has 0 saturated carbocycles. The number of carbonyl (C=O) groups is 1. The largest absolute Gasteiger partial charge is 0.491 e. The van der Waals surface area contributed by atoms with E-state index < -0.39 is 6.04 Å². The molecule has 0 fully saturated rings. The summed E-state index contributed by atoms with van der Waals surface area (Å²) in [6.45, 7) is 4.89. The smallest absolute Gasteiger partial charge is 0.237 e. The molecule has 3 N–H and O–H groups in total. The highest BCUT2D eigenvalue weighted by molar-refractivity contribution is 5.85. The number of aryl methyl sites for hydroxylation is 2. The Morgan fingerprint density at radius 3 is 2.33 bits per heavy atom. The van der Waals surface area contributed by atoms with Gasteiger partial charge in [-0.1, -0.05) is 48.5 Å². The summed E-state index contributed by atoms with van der Waals surface area (Å²) in [7, 11) is 0. The monoisotopic (exact) mass is 348 g/mol. The van der Waals surface area contributed by atoms with Crippen LogP contribution in [0.15, 0.2) is 48.5 Å². The fourth-order valence-electron chi connectivity index (χ4n) is 2.45. The molecule has 1 atom stereocenters. The second kappa shape index (κ2) is 9.96. The van der Waals surface area contributed by atoms with Crippen LogP contribution in [0.3, 0.4) is 0 Å². The third-order valence-corrected chi connectivity index (χ3v) is 3.69. The van der Waals surface area contributed by atoms with Crippen molar-refractivity contribution >= 4 is 18.3 Å². The van der Waals surface area contributed by atoms with E-state index in [0.717, 1.165) is 22.4 Å². The van der Waals surface area contributed by atoms with E-state index in [2.05, 4.69) is 5.32 Å². The SMILES string of the molecule is Cc1cccc(C)c1OCCNC(=O)C(N)Cc1ccccc1.Cl. The van der Waals surface area contributed by atoms with E-state index in [1.165, 1.54) is 0 Å². The highest BCUT2D eigenvalue weighted by Crippen LogP contribution is 2.21. The zero-order valence-corrected chi connectivity index (χ0v) is 14.9. The summed E-state index contributed by atoms with van der Waals surface area (Å²) in [4.78, 5) is 12.0. The molecule has 2 aromatic rings. The molecular formula is C19H25ClN2O2. The molecule has 0 aliphatic heterocycles. The van der Waals surface area contributed by atoms with Gasteiger partial charge < -0.3 is 15.8 Å². The predicted octanol–water partition coefficient (Wildman–Crippen LogP) is 2.79. The third kappa shape index (κ3) is 5.87. The van der Waals surface area contributed by atoms with E-state index >= 15 is 0 Å². The summed E-state index contributed by atoms with van der Waals surface area (Å²) in [5.74, 6) is 0.731. The first-order valence-corrected chi connectivity index (χ1v) is 7.84. The van der Waals surface area contributed by atoms with E-state index in [9.17, 15) is 4.79 Å². The Kier molecular flexibility index (Phi) is 8.30. The highest BCUT2D eigenvalue weighted by atomic mass is 35.5. The number of nitrogens with one attached hydrogen (secondary N) is 1. The van der Waals surface area contributed by atoms with Crippen LogP contribution in [0.4, 0.5) is 0 Å². The fraction of sp³-hybridized carbons (Fsp3) is 0.316. The Morgan fingerprint density at radius 1 is 1.08 bits per heavy atom. The van der Waals surface area contributed by atoms with Crippen LogP contribution >= 0.6 is 12.4 Å². The number of amides is 1. The zero-order chi connectivity index (χ0) is 16.7. The maximum atomic E-state index is 12.0. The Labute approximate surface area is 149 Å². The minimum atomic E-state index is -0.544. The average molecular weight is 349 g/mol. The van der Waals surface area contributed by atoms with Crippen molar-refractivity contribution in [3.8, 4) is 5.75 Å². The molecule has 0 aliphatic rings. The molecule has 0 saturated heterocycles. The van der Waals surface area contributed by atoms with Gasteiger partial charge in [0.25, 0.3) is 0 Å². The molecule has 4 nitrogen and oxygen atoms in total. The van der Waals surface area contributed by atoms with Gasteiger partial charge in [-0.15, -0.1) is 12.4 Å². The van der Waals surface area contributed by atoms with E-state index in [1.807, 2.05) is 62.4 Å². The molecule has 0 radical (unpaired) electrons. The number of ether oxygens (including phenoxy) is 1. The van der Waals surface area contributed by atoms with Gasteiger partial charge in [0.2, 0.25) is 5.91 Å². The standard InChI is InChI=1S/C19H24N2O2.ClH/c1-14-7-6-8-15(2)18(14)23-12-11-21-19(22)17(20)13-16-9-4-3-5-10-16;/h3-10,17H,11-13,20H2,1-2H3,(H,21,22);1H. The first-order chi connectivity index (χ1) is 11.1. The lowest BCUT2D eigenvalue weighted by molar-refractivity contribution is -0.122. The van der Waals surface area contributed by atoms with Gasteiger partial charge in [0.1, 0.15) is 12.4 Å². The first-order valence-electron chi connectivity index (χ1n) is 7.84. The maximum Gasteiger partial charge on any atom is 0.237 e. The van der Waals surface area contributed by atoms with Crippen LogP contribution in [-0.4, -0.2) is 25.1 Å². The molecule has 0 bridgehead atoms. The zero-order valence-electron chi connectivity index (χ0n) is 14.1. The van der Waals surface area contributed by atoms with Gasteiger partial charge in [0.15, 0.2) is 0 Å². The Hall–Kier alpha value is -2.04. The minimum Gasteiger partial charge on any atom is -0.491 e. The van der Waals surface area contributed by atoms with E-state index in [-0.39, 0.29) is 18.3 Å². The topological polar surface area (TPSA) is 64.3 Å². The van der Waals surface area contributed by atoms with Crippen LogP contribution in [0.1, 0.15) is 16.7 Å². The highest BCUT2D eigenvalue weighted by Gasteiger charge is 2.13. The number of nitrogens with two attached hydrogens (primary N) is 1. The molecule has 2 rings (SSSR count). The van der Waals surface area contributed by atoms with E-state index in [4.69, 9.17) is 10.5 Å². The van der Waals surface area contributed by atoms with Crippen molar-refractivity contribution in [1.82, 2.24) is 5.32 Å². The van der Waals surface area contributed by atoms with Gasteiger partial charge in [-0.3, -0.25) is 4.79 Å². The molecule has 1 amide bonds. The van der Waals surface area contributed by atoms with E-state index in [1.54, 1.807) is 0 Å². The maximum absolute atomic E-state index is 12.0. The first kappa shape index (κ1) is 20.0. The molecule has 5 heteroatoms. The van der Waals surface area contributed by atoms with Crippen LogP contribution in [0, 0.1) is 13.8 Å². The summed E-state index contributed by atoms with van der Waals surface area (Å²) >= 11 is 0. The quantitative estimate of drug-likeness (QED) is 0.756. The fourth-order valence-corrected chi connectivity index (χ4v) is 2.45. The second-order valence-electron chi connectivity index (χ2n) is 5.66. The van der Waals surface area contributed by atoms with Crippen LogP contribution in [0.5, 0.6) is 5.75 Å². The van der Waals surface area contributed by atoms with Crippen molar-refractivity contribution in [3.05, 3.63) is 65.2 Å². The van der Waals surface area contributed by atoms with Gasteiger partial charge in [-0.05, 0) is 37.0 Å². The van der Waals surface area contributed by atoms with Gasteiger partial charge in [-0.25, -0.2) is 0 Å². The van der Waals surface area contributed by atoms with Crippen LogP contribution in [0.25, 0.3) is 0 Å². The summed E-state index contributed by atoms with van der Waals surface area (Å²) in [6, 6.07) is 15.2. The average Bonchev–Trinajstić information content (AvgIpc) is 2.54. The summed E-state index contributed by atoms with van der Waals surface area (Å²) in [5, 5.41) is 2.82. The lowest BCUT2D eigenvalue weighted by Gasteiger charge is -2.14. The predicted molar refractivity (Wildman–Crippen MR) is 99.8 cm³/mol. The lowest BCUT2D eigenvalue weighted by Crippen LogP contribution is -2.43. The van der Waals surface area contributed by atoms with Gasteiger partial charge in [-0.2, -0.15) is 0 Å². The summed E-state index contributed by atoms with van der Waals surface area (Å²) in [6.07, 6.45) is 0.532. The molecule has 0 heterocycles. The van der Waals surface area contributed by atoms with Gasteiger partial charge in [0.05, 0.1) is 12.6 Å². The second-order valence-corrected chi connectivity index (χ2v) is 5.66. The summed E-state index contributed by atoms with van der Waals surface area (Å²) in [5.41, 5.74) is 9.18. The molecule has 0 aromatic heterocycles. The number of para-hydroxylation sites is 1. The van der Waals surface area contributed by atoms with Crippen molar-refractivity contribution < 1.29 is 9.53 Å². The normalized spacial score (nSPS) is 11.3. The number of benzene rings is 2. The van der Waals surface area contributed by atoms with Crippen molar-refractivity contribution in [2.45, 2.75) is 26.3 Å². The van der Waals surface area contributed by atoms with Crippen molar-refractivity contribution in [1.29, 1.82) is 0 Å². The van der Waals surface area contributed by atoms with Crippen molar-refractivity contribution in [2.24, 2.45) is 5.73 Å². The molecular weight excluding hydrogens is 324 g/mol. The van der Waals surface area contributed by atoms with Gasteiger partial charge >= 0.3 is 0 Å². The Bertz CT molecular complexity index is 627. The molecule has 24 heavy (non-hydrogen) atoms. The molecule has 2 aromatic carbocycles. The molecule has 0 spiro atoms. The molecule has 1 unspecified atom stereocenters. The minimum absolute atomic E-state index is 0. The molecule has 130 valence electrons. The number of hydrogen-bond acceptors (Lipinski definition) is 3. The van der Waals surface area contributed by atoms with Gasteiger partial charge in [0, 0.05) is 0 Å². The van der Waals surface area contributed by atoms with Crippen LogP contribution in [0.2, 0.25) is 0 Å².